The summed E-state index contributed by atoms with van der Waals surface area (Å²) in [5, 5.41) is 4.43. The highest BCUT2D eigenvalue weighted by Gasteiger charge is 2.05. The summed E-state index contributed by atoms with van der Waals surface area (Å²) in [5.74, 6) is 0.723. The van der Waals surface area contributed by atoms with Gasteiger partial charge in [-0.15, -0.1) is 11.3 Å². The van der Waals surface area contributed by atoms with Crippen LogP contribution in [0, 0.1) is 6.92 Å². The molecule has 0 aliphatic heterocycles. The van der Waals surface area contributed by atoms with Crippen LogP contribution in [0.5, 0.6) is 5.75 Å². The molecule has 5 heteroatoms. The Bertz CT molecular complexity index is 551. The van der Waals surface area contributed by atoms with Crippen molar-refractivity contribution in [2.24, 2.45) is 0 Å². The van der Waals surface area contributed by atoms with Crippen molar-refractivity contribution in [1.29, 1.82) is 0 Å². The first kappa shape index (κ1) is 13.7. The van der Waals surface area contributed by atoms with E-state index in [9.17, 15) is 0 Å². The molecule has 0 radical (unpaired) electrons. The molecule has 2 aromatic rings. The number of rotatable bonds is 5. The number of ether oxygens (including phenoxy) is 1. The van der Waals surface area contributed by atoms with Gasteiger partial charge < -0.3 is 15.8 Å². The van der Waals surface area contributed by atoms with Gasteiger partial charge in [0.05, 0.1) is 23.3 Å². The third-order valence-electron chi connectivity index (χ3n) is 2.51. The number of benzene rings is 1. The molecule has 19 heavy (non-hydrogen) atoms. The molecule has 0 aliphatic carbocycles. The van der Waals surface area contributed by atoms with Gasteiger partial charge in [0.25, 0.3) is 0 Å². The predicted octanol–water partition coefficient (Wildman–Crippen LogP) is 3.43. The van der Waals surface area contributed by atoms with Gasteiger partial charge >= 0.3 is 0 Å². The zero-order valence-electron chi connectivity index (χ0n) is 11.4. The third kappa shape index (κ3) is 3.86. The fourth-order valence-corrected chi connectivity index (χ4v) is 2.41. The van der Waals surface area contributed by atoms with Crippen LogP contribution in [0.1, 0.15) is 23.7 Å². The third-order valence-corrected chi connectivity index (χ3v) is 3.42. The molecule has 2 rings (SSSR count). The highest BCUT2D eigenvalue weighted by molar-refractivity contribution is 7.11. The van der Waals surface area contributed by atoms with Crippen LogP contribution < -0.4 is 15.8 Å². The minimum atomic E-state index is 0.113. The van der Waals surface area contributed by atoms with E-state index in [1.807, 2.05) is 45.2 Å². The van der Waals surface area contributed by atoms with Crippen molar-refractivity contribution in [3.05, 3.63) is 34.3 Å². The van der Waals surface area contributed by atoms with E-state index >= 15 is 0 Å². The predicted molar refractivity (Wildman–Crippen MR) is 80.8 cm³/mol. The summed E-state index contributed by atoms with van der Waals surface area (Å²) < 4.78 is 5.67. The molecule has 0 saturated heterocycles. The molecule has 1 aromatic heterocycles. The number of nitrogen functional groups attached to an aromatic ring is 1. The van der Waals surface area contributed by atoms with Gasteiger partial charge in [0, 0.05) is 22.8 Å². The van der Waals surface area contributed by atoms with Gasteiger partial charge in [-0.25, -0.2) is 4.98 Å². The average molecular weight is 277 g/mol. The molecule has 0 unspecified atom stereocenters. The zero-order chi connectivity index (χ0) is 13.8. The minimum Gasteiger partial charge on any atom is -0.489 e. The SMILES string of the molecule is Cc1ncc(CNc2ccc(N)c(OC(C)C)c2)s1. The summed E-state index contributed by atoms with van der Waals surface area (Å²) in [6.07, 6.45) is 2.01. The van der Waals surface area contributed by atoms with Gasteiger partial charge in [0.2, 0.25) is 0 Å². The number of nitrogens with one attached hydrogen (secondary N) is 1. The molecule has 0 saturated carbocycles. The number of nitrogens with two attached hydrogens (primary N) is 1. The fourth-order valence-electron chi connectivity index (χ4n) is 1.68. The second-order valence-corrected chi connectivity index (χ2v) is 5.94. The Labute approximate surface area is 117 Å². The van der Waals surface area contributed by atoms with Gasteiger partial charge in [0.15, 0.2) is 0 Å². The molecule has 0 atom stereocenters. The molecule has 0 fully saturated rings. The highest BCUT2D eigenvalue weighted by atomic mass is 32.1. The lowest BCUT2D eigenvalue weighted by Gasteiger charge is -2.14. The Morgan fingerprint density at radius 1 is 1.42 bits per heavy atom. The van der Waals surface area contributed by atoms with Crippen LogP contribution in [-0.4, -0.2) is 11.1 Å². The number of aryl methyl sites for hydroxylation is 1. The molecular weight excluding hydrogens is 258 g/mol. The number of thiazole rings is 1. The van der Waals surface area contributed by atoms with E-state index < -0.39 is 0 Å². The Balaban J connectivity index is 2.04. The maximum Gasteiger partial charge on any atom is 0.144 e. The number of anilines is 2. The molecule has 0 spiro atoms. The quantitative estimate of drug-likeness (QED) is 0.822. The molecular formula is C14H19N3OS. The van der Waals surface area contributed by atoms with Gasteiger partial charge in [0.1, 0.15) is 5.75 Å². The Morgan fingerprint density at radius 3 is 2.84 bits per heavy atom. The molecule has 4 nitrogen and oxygen atoms in total. The van der Waals surface area contributed by atoms with Gasteiger partial charge in [-0.1, -0.05) is 0 Å². The Morgan fingerprint density at radius 2 is 2.21 bits per heavy atom. The van der Waals surface area contributed by atoms with Crippen LogP contribution >= 0.6 is 11.3 Å². The van der Waals surface area contributed by atoms with E-state index in [0.717, 1.165) is 23.0 Å². The van der Waals surface area contributed by atoms with Crippen LogP contribution in [0.2, 0.25) is 0 Å². The minimum absolute atomic E-state index is 0.113. The zero-order valence-corrected chi connectivity index (χ0v) is 12.3. The van der Waals surface area contributed by atoms with Crippen LogP contribution in [0.3, 0.4) is 0 Å². The van der Waals surface area contributed by atoms with Crippen molar-refractivity contribution in [1.82, 2.24) is 4.98 Å². The van der Waals surface area contributed by atoms with Crippen molar-refractivity contribution in [2.45, 2.75) is 33.4 Å². The number of hydrogen-bond acceptors (Lipinski definition) is 5. The molecule has 1 heterocycles. The maximum absolute atomic E-state index is 5.89. The normalized spacial score (nSPS) is 10.7. The first-order valence-electron chi connectivity index (χ1n) is 6.26. The van der Waals surface area contributed by atoms with E-state index in [-0.39, 0.29) is 6.10 Å². The highest BCUT2D eigenvalue weighted by Crippen LogP contribution is 2.27. The molecule has 0 aliphatic rings. The van der Waals surface area contributed by atoms with E-state index in [1.54, 1.807) is 11.3 Å². The van der Waals surface area contributed by atoms with Gasteiger partial charge in [-0.05, 0) is 32.9 Å². The number of aromatic nitrogens is 1. The first-order valence-corrected chi connectivity index (χ1v) is 7.07. The average Bonchev–Trinajstić information content (AvgIpc) is 2.75. The van der Waals surface area contributed by atoms with Gasteiger partial charge in [-0.3, -0.25) is 0 Å². The van der Waals surface area contributed by atoms with Crippen LogP contribution in [0.25, 0.3) is 0 Å². The van der Waals surface area contributed by atoms with Crippen molar-refractivity contribution in [3.8, 4) is 5.75 Å². The molecule has 0 bridgehead atoms. The first-order chi connectivity index (χ1) is 9.04. The van der Waals surface area contributed by atoms with Gasteiger partial charge in [-0.2, -0.15) is 0 Å². The summed E-state index contributed by atoms with van der Waals surface area (Å²) in [5.41, 5.74) is 7.54. The number of nitrogens with zero attached hydrogens (tertiary/aromatic N) is 1. The standard InChI is InChI=1S/C14H19N3OS/c1-9(2)18-14-6-11(4-5-13(14)15)17-8-12-7-16-10(3)19-12/h4-7,9,17H,8,15H2,1-3H3. The lowest BCUT2D eigenvalue weighted by Crippen LogP contribution is -2.08. The maximum atomic E-state index is 5.89. The fraction of sp³-hybridized carbons (Fsp3) is 0.357. The largest absolute Gasteiger partial charge is 0.489 e. The molecule has 3 N–H and O–H groups in total. The van der Waals surface area contributed by atoms with E-state index in [1.165, 1.54) is 4.88 Å². The van der Waals surface area contributed by atoms with Crippen molar-refractivity contribution in [2.75, 3.05) is 11.1 Å². The smallest absolute Gasteiger partial charge is 0.144 e. The van der Waals surface area contributed by atoms with E-state index in [4.69, 9.17) is 10.5 Å². The number of hydrogen-bond donors (Lipinski definition) is 2. The lowest BCUT2D eigenvalue weighted by atomic mass is 10.2. The van der Waals surface area contributed by atoms with E-state index in [2.05, 4.69) is 10.3 Å². The second-order valence-electron chi connectivity index (χ2n) is 4.62. The monoisotopic (exact) mass is 277 g/mol. The van der Waals surface area contributed by atoms with E-state index in [0.29, 0.717) is 5.69 Å². The summed E-state index contributed by atoms with van der Waals surface area (Å²) in [6.45, 7) is 6.74. The van der Waals surface area contributed by atoms with Crippen molar-refractivity contribution < 1.29 is 4.74 Å². The molecule has 0 amide bonds. The van der Waals surface area contributed by atoms with Crippen LogP contribution in [-0.2, 0) is 6.54 Å². The second kappa shape index (κ2) is 5.93. The summed E-state index contributed by atoms with van der Waals surface area (Å²) in [7, 11) is 0. The molecule has 102 valence electrons. The lowest BCUT2D eigenvalue weighted by molar-refractivity contribution is 0.244. The van der Waals surface area contributed by atoms with Crippen LogP contribution in [0.15, 0.2) is 24.4 Å². The topological polar surface area (TPSA) is 60.2 Å². The van der Waals surface area contributed by atoms with Crippen LogP contribution in [0.4, 0.5) is 11.4 Å². The Kier molecular flexibility index (Phi) is 4.27. The van der Waals surface area contributed by atoms with Crippen molar-refractivity contribution in [3.63, 3.8) is 0 Å². The summed E-state index contributed by atoms with van der Waals surface area (Å²) in [4.78, 5) is 5.44. The Hall–Kier alpha value is -1.75. The summed E-state index contributed by atoms with van der Waals surface area (Å²) >= 11 is 1.70. The molecule has 1 aromatic carbocycles. The van der Waals surface area contributed by atoms with Crippen molar-refractivity contribution >= 4 is 22.7 Å². The summed E-state index contributed by atoms with van der Waals surface area (Å²) in [6, 6.07) is 5.75.